The minimum Gasteiger partial charge on any atom is -0.321 e. The maximum absolute atomic E-state index is 13.6. The van der Waals surface area contributed by atoms with Crippen LogP contribution in [0, 0.1) is 12.7 Å². The van der Waals surface area contributed by atoms with Crippen molar-refractivity contribution < 1.29 is 9.18 Å². The number of benzene rings is 2. The molecule has 0 spiro atoms. The molecule has 0 saturated carbocycles. The van der Waals surface area contributed by atoms with Crippen LogP contribution in [0.4, 0.5) is 10.1 Å². The molecule has 0 atom stereocenters. The van der Waals surface area contributed by atoms with Crippen LogP contribution in [0.15, 0.2) is 65.5 Å². The first-order chi connectivity index (χ1) is 11.5. The molecule has 0 fully saturated rings. The Hall–Kier alpha value is -3.21. The number of aromatic amines is 1. The van der Waals surface area contributed by atoms with Crippen molar-refractivity contribution in [3.05, 3.63) is 88.0 Å². The van der Waals surface area contributed by atoms with Crippen LogP contribution < -0.4 is 10.9 Å². The Labute approximate surface area is 138 Å². The minimum atomic E-state index is -0.656. The minimum absolute atomic E-state index is 0.0320. The van der Waals surface area contributed by atoms with Crippen molar-refractivity contribution in [1.29, 1.82) is 0 Å². The summed E-state index contributed by atoms with van der Waals surface area (Å²) in [5.41, 5.74) is 2.00. The lowest BCUT2D eigenvalue weighted by Crippen LogP contribution is -2.23. The van der Waals surface area contributed by atoms with E-state index in [1.54, 1.807) is 12.1 Å². The lowest BCUT2D eigenvalue weighted by molar-refractivity contribution is 0.102. The maximum atomic E-state index is 13.6. The van der Waals surface area contributed by atoms with E-state index < -0.39 is 17.3 Å². The molecule has 0 aliphatic rings. The molecule has 24 heavy (non-hydrogen) atoms. The van der Waals surface area contributed by atoms with Crippen LogP contribution in [0.5, 0.6) is 0 Å². The highest BCUT2D eigenvalue weighted by molar-refractivity contribution is 6.04. The molecular weight excluding hydrogens is 307 g/mol. The van der Waals surface area contributed by atoms with E-state index in [0.717, 1.165) is 11.1 Å². The molecule has 2 N–H and O–H groups in total. The maximum Gasteiger partial charge on any atom is 0.261 e. The van der Waals surface area contributed by atoms with E-state index in [9.17, 15) is 14.0 Å². The van der Waals surface area contributed by atoms with E-state index in [1.807, 2.05) is 31.2 Å². The van der Waals surface area contributed by atoms with E-state index in [2.05, 4.69) is 10.3 Å². The fourth-order valence-corrected chi connectivity index (χ4v) is 2.31. The number of carbonyl (C=O) groups excluding carboxylic acids is 1. The molecule has 0 radical (unpaired) electrons. The number of hydrogen-bond donors (Lipinski definition) is 2. The fourth-order valence-electron chi connectivity index (χ4n) is 2.31. The number of anilines is 1. The van der Waals surface area contributed by atoms with Gasteiger partial charge in [-0.15, -0.1) is 0 Å². The number of aromatic nitrogens is 1. The summed E-state index contributed by atoms with van der Waals surface area (Å²) < 4.78 is 13.6. The molecule has 3 aromatic rings. The molecular formula is C19H15FN2O2. The summed E-state index contributed by atoms with van der Waals surface area (Å²) in [6.45, 7) is 1.97. The van der Waals surface area contributed by atoms with Gasteiger partial charge >= 0.3 is 0 Å². The van der Waals surface area contributed by atoms with Crippen LogP contribution >= 0.6 is 0 Å². The van der Waals surface area contributed by atoms with Gasteiger partial charge in [-0.25, -0.2) is 4.39 Å². The van der Waals surface area contributed by atoms with Gasteiger partial charge in [0, 0.05) is 5.69 Å². The predicted octanol–water partition coefficient (Wildman–Crippen LogP) is 3.74. The molecule has 1 amide bonds. The SMILES string of the molecule is Cc1ccc(-c2ccc(C(=O)Nc3ccccc3F)c(=O)[nH]2)cc1. The van der Waals surface area contributed by atoms with Crippen molar-refractivity contribution >= 4 is 11.6 Å². The zero-order chi connectivity index (χ0) is 17.1. The topological polar surface area (TPSA) is 62.0 Å². The lowest BCUT2D eigenvalue weighted by atomic mass is 10.1. The number of amides is 1. The molecule has 0 aliphatic heterocycles. The fraction of sp³-hybridized carbons (Fsp3) is 0.0526. The highest BCUT2D eigenvalue weighted by Gasteiger charge is 2.13. The van der Waals surface area contributed by atoms with E-state index in [-0.39, 0.29) is 11.3 Å². The lowest BCUT2D eigenvalue weighted by Gasteiger charge is -2.07. The zero-order valence-corrected chi connectivity index (χ0v) is 13.0. The smallest absolute Gasteiger partial charge is 0.261 e. The van der Waals surface area contributed by atoms with Crippen LogP contribution in [-0.4, -0.2) is 10.9 Å². The Bertz CT molecular complexity index is 946. The molecule has 0 bridgehead atoms. The van der Waals surface area contributed by atoms with Gasteiger partial charge in [-0.1, -0.05) is 42.0 Å². The molecule has 0 unspecified atom stereocenters. The van der Waals surface area contributed by atoms with Gasteiger partial charge in [0.15, 0.2) is 0 Å². The molecule has 120 valence electrons. The van der Waals surface area contributed by atoms with Crippen molar-refractivity contribution in [2.24, 2.45) is 0 Å². The summed E-state index contributed by atoms with van der Waals surface area (Å²) in [4.78, 5) is 27.1. The second-order valence-corrected chi connectivity index (χ2v) is 5.41. The van der Waals surface area contributed by atoms with Crippen LogP contribution in [0.2, 0.25) is 0 Å². The number of aryl methyl sites for hydroxylation is 1. The highest BCUT2D eigenvalue weighted by atomic mass is 19.1. The first-order valence-electron chi connectivity index (χ1n) is 7.41. The quantitative estimate of drug-likeness (QED) is 0.771. The number of para-hydroxylation sites is 1. The number of nitrogens with one attached hydrogen (secondary N) is 2. The number of rotatable bonds is 3. The van der Waals surface area contributed by atoms with Crippen LogP contribution in [0.25, 0.3) is 11.3 Å². The molecule has 2 aromatic carbocycles. The van der Waals surface area contributed by atoms with Crippen molar-refractivity contribution in [3.63, 3.8) is 0 Å². The Morgan fingerprint density at radius 2 is 1.71 bits per heavy atom. The first kappa shape index (κ1) is 15.7. The third-order valence-electron chi connectivity index (χ3n) is 3.64. The summed E-state index contributed by atoms with van der Waals surface area (Å²) >= 11 is 0. The van der Waals surface area contributed by atoms with Crippen molar-refractivity contribution in [2.45, 2.75) is 6.92 Å². The number of H-pyrrole nitrogens is 1. The predicted molar refractivity (Wildman–Crippen MR) is 91.6 cm³/mol. The second kappa shape index (κ2) is 6.50. The van der Waals surface area contributed by atoms with Crippen molar-refractivity contribution in [3.8, 4) is 11.3 Å². The zero-order valence-electron chi connectivity index (χ0n) is 13.0. The Kier molecular flexibility index (Phi) is 4.24. The Morgan fingerprint density at radius 1 is 1.00 bits per heavy atom. The first-order valence-corrected chi connectivity index (χ1v) is 7.41. The molecule has 0 saturated heterocycles. The van der Waals surface area contributed by atoms with Gasteiger partial charge in [0.2, 0.25) is 0 Å². The van der Waals surface area contributed by atoms with Gasteiger partial charge in [-0.05, 0) is 36.8 Å². The number of hydrogen-bond acceptors (Lipinski definition) is 2. The summed E-state index contributed by atoms with van der Waals surface area (Å²) in [5.74, 6) is -1.21. The molecule has 3 rings (SSSR count). The monoisotopic (exact) mass is 322 g/mol. The summed E-state index contributed by atoms with van der Waals surface area (Å²) in [5, 5.41) is 2.40. The van der Waals surface area contributed by atoms with E-state index in [4.69, 9.17) is 0 Å². The number of pyridine rings is 1. The van der Waals surface area contributed by atoms with E-state index >= 15 is 0 Å². The largest absolute Gasteiger partial charge is 0.321 e. The molecule has 4 nitrogen and oxygen atoms in total. The van der Waals surface area contributed by atoms with Crippen LogP contribution in [-0.2, 0) is 0 Å². The summed E-state index contributed by atoms with van der Waals surface area (Å²) in [7, 11) is 0. The number of halogens is 1. The average Bonchev–Trinajstić information content (AvgIpc) is 2.57. The van der Waals surface area contributed by atoms with Gasteiger partial charge in [0.1, 0.15) is 11.4 Å². The Morgan fingerprint density at radius 3 is 2.38 bits per heavy atom. The molecule has 5 heteroatoms. The van der Waals surface area contributed by atoms with Gasteiger partial charge in [0.25, 0.3) is 11.5 Å². The Balaban J connectivity index is 1.87. The van der Waals surface area contributed by atoms with Gasteiger partial charge < -0.3 is 10.3 Å². The van der Waals surface area contributed by atoms with Gasteiger partial charge in [-0.2, -0.15) is 0 Å². The van der Waals surface area contributed by atoms with Gasteiger partial charge in [0.05, 0.1) is 5.69 Å². The van der Waals surface area contributed by atoms with E-state index in [0.29, 0.717) is 5.69 Å². The molecule has 1 aromatic heterocycles. The van der Waals surface area contributed by atoms with Gasteiger partial charge in [-0.3, -0.25) is 9.59 Å². The molecule has 0 aliphatic carbocycles. The van der Waals surface area contributed by atoms with Crippen LogP contribution in [0.1, 0.15) is 15.9 Å². The third kappa shape index (κ3) is 3.25. The highest BCUT2D eigenvalue weighted by Crippen LogP contribution is 2.17. The average molecular weight is 322 g/mol. The normalized spacial score (nSPS) is 10.4. The van der Waals surface area contributed by atoms with Crippen LogP contribution in [0.3, 0.4) is 0 Å². The molecule has 1 heterocycles. The summed E-state index contributed by atoms with van der Waals surface area (Å²) in [6, 6.07) is 16.5. The van der Waals surface area contributed by atoms with Crippen molar-refractivity contribution in [2.75, 3.05) is 5.32 Å². The number of carbonyl (C=O) groups is 1. The summed E-state index contributed by atoms with van der Waals surface area (Å²) in [6.07, 6.45) is 0. The third-order valence-corrected chi connectivity index (χ3v) is 3.64. The standard InChI is InChI=1S/C19H15FN2O2/c1-12-6-8-13(9-7-12)16-11-10-14(18(23)21-16)19(24)22-17-5-3-2-4-15(17)20/h2-11H,1H3,(H,21,23)(H,22,24). The van der Waals surface area contributed by atoms with Crippen molar-refractivity contribution in [1.82, 2.24) is 4.98 Å². The van der Waals surface area contributed by atoms with E-state index in [1.165, 1.54) is 24.3 Å². The second-order valence-electron chi connectivity index (χ2n) is 5.41.